The van der Waals surface area contributed by atoms with Crippen LogP contribution in [0.25, 0.3) is 0 Å². The summed E-state index contributed by atoms with van der Waals surface area (Å²) in [4.78, 5) is 12.4. The first-order chi connectivity index (χ1) is 6.86. The molecule has 3 nitrogen and oxygen atoms in total. The van der Waals surface area contributed by atoms with Crippen LogP contribution in [0.4, 0.5) is 0 Å². The lowest BCUT2D eigenvalue weighted by Gasteiger charge is -2.09. The smallest absolute Gasteiger partial charge is 0.186 e. The van der Waals surface area contributed by atoms with Crippen LogP contribution in [-0.4, -0.2) is 31.5 Å². The molecule has 5 heteroatoms. The number of hydrogen-bond acceptors (Lipinski definition) is 4. The van der Waals surface area contributed by atoms with Crippen LogP contribution >= 0.6 is 23.7 Å². The second-order valence-corrected chi connectivity index (χ2v) is 4.42. The fourth-order valence-electron chi connectivity index (χ4n) is 1.59. The average Bonchev–Trinajstić information content (AvgIpc) is 2.87. The summed E-state index contributed by atoms with van der Waals surface area (Å²) in [5, 5.41) is 8.46. The molecule has 0 spiro atoms. The molecule has 2 N–H and O–H groups in total. The van der Waals surface area contributed by atoms with E-state index >= 15 is 0 Å². The fourth-order valence-corrected chi connectivity index (χ4v) is 2.25. The van der Waals surface area contributed by atoms with Gasteiger partial charge in [-0.2, -0.15) is 0 Å². The first kappa shape index (κ1) is 12.6. The number of nitrogens with one attached hydrogen (secondary N) is 2. The molecule has 1 aliphatic heterocycles. The Balaban J connectivity index is 0.00000112. The van der Waals surface area contributed by atoms with E-state index in [4.69, 9.17) is 0 Å². The highest BCUT2D eigenvalue weighted by molar-refractivity contribution is 7.12. The number of thiophene rings is 1. The Kier molecular flexibility index (Phi) is 5.25. The van der Waals surface area contributed by atoms with Crippen LogP contribution in [0.2, 0.25) is 0 Å². The zero-order valence-corrected chi connectivity index (χ0v) is 10.00. The molecule has 0 saturated carbocycles. The van der Waals surface area contributed by atoms with Crippen molar-refractivity contribution in [2.24, 2.45) is 0 Å². The minimum atomic E-state index is 0. The van der Waals surface area contributed by atoms with Gasteiger partial charge in [0, 0.05) is 12.6 Å². The molecule has 2 rings (SSSR count). The van der Waals surface area contributed by atoms with Crippen LogP contribution in [0.15, 0.2) is 17.5 Å². The monoisotopic (exact) mass is 246 g/mol. The van der Waals surface area contributed by atoms with Crippen molar-refractivity contribution in [1.82, 2.24) is 10.6 Å². The Hall–Kier alpha value is -0.420. The van der Waals surface area contributed by atoms with Crippen molar-refractivity contribution in [1.29, 1.82) is 0 Å². The van der Waals surface area contributed by atoms with E-state index in [9.17, 15) is 4.79 Å². The number of carbonyl (C=O) groups excluding carboxylic acids is 1. The summed E-state index contributed by atoms with van der Waals surface area (Å²) in [5.74, 6) is 0.201. The molecular weight excluding hydrogens is 232 g/mol. The number of rotatable bonds is 4. The van der Waals surface area contributed by atoms with E-state index in [0.29, 0.717) is 12.6 Å². The summed E-state index contributed by atoms with van der Waals surface area (Å²) in [6.45, 7) is 2.51. The van der Waals surface area contributed by atoms with Crippen LogP contribution in [0.1, 0.15) is 16.1 Å². The summed E-state index contributed by atoms with van der Waals surface area (Å²) in [6.07, 6.45) is 1.12. The third-order valence-corrected chi connectivity index (χ3v) is 3.32. The van der Waals surface area contributed by atoms with E-state index in [-0.39, 0.29) is 18.2 Å². The van der Waals surface area contributed by atoms with Crippen molar-refractivity contribution in [3.05, 3.63) is 22.4 Å². The van der Waals surface area contributed by atoms with Crippen molar-refractivity contribution in [2.75, 3.05) is 19.6 Å². The highest BCUT2D eigenvalue weighted by atomic mass is 35.5. The molecule has 84 valence electrons. The molecule has 0 bridgehead atoms. The third kappa shape index (κ3) is 3.57. The quantitative estimate of drug-likeness (QED) is 0.787. The Morgan fingerprint density at radius 2 is 2.53 bits per heavy atom. The summed E-state index contributed by atoms with van der Waals surface area (Å²) in [6, 6.07) is 4.26. The number of halogens is 1. The van der Waals surface area contributed by atoms with Gasteiger partial charge in [0.15, 0.2) is 5.78 Å². The van der Waals surface area contributed by atoms with Crippen molar-refractivity contribution in [3.63, 3.8) is 0 Å². The van der Waals surface area contributed by atoms with Crippen LogP contribution < -0.4 is 10.6 Å². The molecule has 1 fully saturated rings. The van der Waals surface area contributed by atoms with Gasteiger partial charge in [-0.1, -0.05) is 6.07 Å². The lowest BCUT2D eigenvalue weighted by molar-refractivity contribution is 0.0992. The van der Waals surface area contributed by atoms with Crippen molar-refractivity contribution in [3.8, 4) is 0 Å². The highest BCUT2D eigenvalue weighted by Crippen LogP contribution is 2.08. The number of ketones is 1. The Morgan fingerprint density at radius 3 is 3.13 bits per heavy atom. The van der Waals surface area contributed by atoms with Crippen molar-refractivity contribution in [2.45, 2.75) is 12.5 Å². The molecule has 1 atom stereocenters. The molecule has 0 aliphatic carbocycles. The van der Waals surface area contributed by atoms with Crippen LogP contribution in [-0.2, 0) is 0 Å². The van der Waals surface area contributed by atoms with E-state index in [0.717, 1.165) is 24.4 Å². The van der Waals surface area contributed by atoms with Gasteiger partial charge in [0.05, 0.1) is 11.4 Å². The van der Waals surface area contributed by atoms with E-state index in [1.165, 1.54) is 11.3 Å². The standard InChI is InChI=1S/C10H14N2OS.ClH/c13-9(10-2-1-5-14-10)7-12-8-3-4-11-6-8;/h1-2,5,8,11-12H,3-4,6-7H2;1H/t8-;/m1./s1. The van der Waals surface area contributed by atoms with Gasteiger partial charge in [-0.25, -0.2) is 0 Å². The zero-order chi connectivity index (χ0) is 9.80. The van der Waals surface area contributed by atoms with Gasteiger partial charge < -0.3 is 10.6 Å². The molecule has 15 heavy (non-hydrogen) atoms. The molecule has 0 unspecified atom stereocenters. The SMILES string of the molecule is Cl.O=C(CN[C@@H]1CCNC1)c1cccs1. The predicted octanol–water partition coefficient (Wildman–Crippen LogP) is 1.30. The second-order valence-electron chi connectivity index (χ2n) is 3.47. The summed E-state index contributed by atoms with van der Waals surface area (Å²) < 4.78 is 0. The molecule has 1 saturated heterocycles. The minimum Gasteiger partial charge on any atom is -0.315 e. The van der Waals surface area contributed by atoms with Gasteiger partial charge in [-0.05, 0) is 24.4 Å². The molecule has 0 amide bonds. The average molecular weight is 247 g/mol. The molecule has 0 aromatic carbocycles. The topological polar surface area (TPSA) is 41.1 Å². The number of Topliss-reactive ketones (excluding diaryl/α,β-unsaturated/α-hetero) is 1. The van der Waals surface area contributed by atoms with Gasteiger partial charge >= 0.3 is 0 Å². The van der Waals surface area contributed by atoms with E-state index in [2.05, 4.69) is 10.6 Å². The molecule has 1 aliphatic rings. The zero-order valence-electron chi connectivity index (χ0n) is 8.36. The maximum Gasteiger partial charge on any atom is 0.186 e. The number of hydrogen-bond donors (Lipinski definition) is 2. The summed E-state index contributed by atoms with van der Waals surface area (Å²) >= 11 is 1.51. The van der Waals surface area contributed by atoms with Crippen molar-refractivity contribution < 1.29 is 4.79 Å². The lowest BCUT2D eigenvalue weighted by Crippen LogP contribution is -2.34. The van der Waals surface area contributed by atoms with Gasteiger partial charge in [0.1, 0.15) is 0 Å². The van der Waals surface area contributed by atoms with Gasteiger partial charge in [0.25, 0.3) is 0 Å². The van der Waals surface area contributed by atoms with Gasteiger partial charge in [-0.3, -0.25) is 4.79 Å². The van der Waals surface area contributed by atoms with Crippen LogP contribution in [0.5, 0.6) is 0 Å². The molecule has 0 radical (unpaired) electrons. The van der Waals surface area contributed by atoms with Crippen molar-refractivity contribution >= 4 is 29.5 Å². The fraction of sp³-hybridized carbons (Fsp3) is 0.500. The van der Waals surface area contributed by atoms with E-state index in [1.807, 2.05) is 17.5 Å². The Morgan fingerprint density at radius 1 is 1.67 bits per heavy atom. The van der Waals surface area contributed by atoms with E-state index < -0.39 is 0 Å². The van der Waals surface area contributed by atoms with Gasteiger partial charge in [0.2, 0.25) is 0 Å². The predicted molar refractivity (Wildman–Crippen MR) is 65.2 cm³/mol. The lowest BCUT2D eigenvalue weighted by atomic mass is 10.2. The van der Waals surface area contributed by atoms with Crippen LogP contribution in [0.3, 0.4) is 0 Å². The summed E-state index contributed by atoms with van der Waals surface area (Å²) in [5.41, 5.74) is 0. The maximum absolute atomic E-state index is 11.6. The first-order valence-corrected chi connectivity index (χ1v) is 5.75. The molecule has 2 heterocycles. The second kappa shape index (κ2) is 6.23. The molecule has 1 aromatic rings. The van der Waals surface area contributed by atoms with E-state index in [1.54, 1.807) is 0 Å². The first-order valence-electron chi connectivity index (χ1n) is 4.87. The van der Waals surface area contributed by atoms with Crippen LogP contribution in [0, 0.1) is 0 Å². The number of carbonyl (C=O) groups is 1. The highest BCUT2D eigenvalue weighted by Gasteiger charge is 2.15. The van der Waals surface area contributed by atoms with Gasteiger partial charge in [-0.15, -0.1) is 23.7 Å². The normalized spacial score (nSPS) is 19.9. The molecular formula is C10H15ClN2OS. The Bertz CT molecular complexity index is 296. The largest absolute Gasteiger partial charge is 0.315 e. The minimum absolute atomic E-state index is 0. The molecule has 1 aromatic heterocycles. The maximum atomic E-state index is 11.6. The third-order valence-electron chi connectivity index (χ3n) is 2.41. The Labute approximate surface area is 99.7 Å². The summed E-state index contributed by atoms with van der Waals surface area (Å²) in [7, 11) is 0.